The summed E-state index contributed by atoms with van der Waals surface area (Å²) in [6.07, 6.45) is 3.08. The Morgan fingerprint density at radius 2 is 1.96 bits per heavy atom. The van der Waals surface area contributed by atoms with E-state index in [2.05, 4.69) is 0 Å². The fraction of sp³-hybridized carbons (Fsp3) is 0.421. The molecule has 1 aromatic carbocycles. The Kier molecular flexibility index (Phi) is 6.13. The molecule has 3 rings (SSSR count). The van der Waals surface area contributed by atoms with E-state index in [1.54, 1.807) is 30.5 Å². The predicted molar refractivity (Wildman–Crippen MR) is 110 cm³/mol. The molecule has 5 nitrogen and oxygen atoms in total. The summed E-state index contributed by atoms with van der Waals surface area (Å²) in [5.74, 6) is -0.0862. The molecule has 0 saturated carbocycles. The zero-order chi connectivity index (χ0) is 19.6. The first-order valence-electron chi connectivity index (χ1n) is 9.03. The molecule has 0 spiro atoms. The van der Waals surface area contributed by atoms with Gasteiger partial charge in [-0.1, -0.05) is 11.6 Å². The van der Waals surface area contributed by atoms with Gasteiger partial charge in [-0.3, -0.25) is 9.10 Å². The van der Waals surface area contributed by atoms with E-state index in [9.17, 15) is 13.2 Å². The second-order valence-corrected chi connectivity index (χ2v) is 9.82. The van der Waals surface area contributed by atoms with Gasteiger partial charge in [-0.05, 0) is 68.8 Å². The van der Waals surface area contributed by atoms with Crippen LogP contribution in [0.2, 0.25) is 5.02 Å². The zero-order valence-corrected chi connectivity index (χ0v) is 17.8. The van der Waals surface area contributed by atoms with Gasteiger partial charge >= 0.3 is 0 Å². The molecular weight excluding hydrogens is 404 g/mol. The number of rotatable bonds is 5. The van der Waals surface area contributed by atoms with Crippen molar-refractivity contribution >= 4 is 44.6 Å². The fourth-order valence-corrected chi connectivity index (χ4v) is 5.91. The second-order valence-electron chi connectivity index (χ2n) is 6.60. The molecule has 1 saturated heterocycles. The summed E-state index contributed by atoms with van der Waals surface area (Å²) in [5, 5.41) is 2.25. The van der Waals surface area contributed by atoms with Gasteiger partial charge in [-0.2, -0.15) is 0 Å². The van der Waals surface area contributed by atoms with Crippen LogP contribution in [-0.4, -0.2) is 38.4 Å². The van der Waals surface area contributed by atoms with E-state index in [1.165, 1.54) is 27.8 Å². The number of carbonyl (C=O) groups is 1. The quantitative estimate of drug-likeness (QED) is 0.700. The van der Waals surface area contributed by atoms with Gasteiger partial charge in [0, 0.05) is 24.2 Å². The lowest BCUT2D eigenvalue weighted by Gasteiger charge is -2.34. The van der Waals surface area contributed by atoms with Gasteiger partial charge in [0.1, 0.15) is 4.88 Å². The Morgan fingerprint density at radius 1 is 1.26 bits per heavy atom. The summed E-state index contributed by atoms with van der Waals surface area (Å²) < 4.78 is 27.6. The van der Waals surface area contributed by atoms with Crippen LogP contribution in [0.1, 0.15) is 42.8 Å². The van der Waals surface area contributed by atoms with Crippen LogP contribution in [0.3, 0.4) is 0 Å². The fourth-order valence-electron chi connectivity index (χ4n) is 3.39. The van der Waals surface area contributed by atoms with Crippen molar-refractivity contribution in [2.45, 2.75) is 44.0 Å². The molecule has 0 N–H and O–H groups in total. The highest BCUT2D eigenvalue weighted by Crippen LogP contribution is 2.33. The SMILES string of the molecule is CCN(c1ccsc1C(=O)N1CCCCC1C)S(=O)(=O)c1ccc(Cl)cc1. The molecule has 1 aromatic heterocycles. The number of benzene rings is 1. The van der Waals surface area contributed by atoms with Crippen molar-refractivity contribution in [3.8, 4) is 0 Å². The van der Waals surface area contributed by atoms with Gasteiger partial charge in [0.05, 0.1) is 10.6 Å². The van der Waals surface area contributed by atoms with Crippen molar-refractivity contribution in [2.24, 2.45) is 0 Å². The summed E-state index contributed by atoms with van der Waals surface area (Å²) >= 11 is 7.18. The van der Waals surface area contributed by atoms with E-state index in [-0.39, 0.29) is 23.4 Å². The molecule has 1 aliphatic rings. The van der Waals surface area contributed by atoms with Gasteiger partial charge in [0.15, 0.2) is 0 Å². The number of carbonyl (C=O) groups excluding carboxylic acids is 1. The van der Waals surface area contributed by atoms with E-state index < -0.39 is 10.0 Å². The highest BCUT2D eigenvalue weighted by molar-refractivity contribution is 7.92. The number of hydrogen-bond donors (Lipinski definition) is 0. The van der Waals surface area contributed by atoms with Crippen LogP contribution >= 0.6 is 22.9 Å². The average molecular weight is 427 g/mol. The Bertz CT molecular complexity index is 909. The highest BCUT2D eigenvalue weighted by Gasteiger charge is 2.31. The largest absolute Gasteiger partial charge is 0.335 e. The summed E-state index contributed by atoms with van der Waals surface area (Å²) in [7, 11) is -3.78. The van der Waals surface area contributed by atoms with Crippen molar-refractivity contribution in [2.75, 3.05) is 17.4 Å². The third-order valence-electron chi connectivity index (χ3n) is 4.86. The van der Waals surface area contributed by atoms with Crippen molar-refractivity contribution in [1.29, 1.82) is 0 Å². The second kappa shape index (κ2) is 8.20. The Labute approximate surface area is 169 Å². The maximum absolute atomic E-state index is 13.2. The monoisotopic (exact) mass is 426 g/mol. The molecule has 1 unspecified atom stereocenters. The van der Waals surface area contributed by atoms with E-state index >= 15 is 0 Å². The average Bonchev–Trinajstić information content (AvgIpc) is 3.11. The minimum Gasteiger partial charge on any atom is -0.335 e. The molecule has 0 radical (unpaired) electrons. The van der Waals surface area contributed by atoms with Gasteiger partial charge in [-0.25, -0.2) is 8.42 Å². The molecule has 2 aromatic rings. The van der Waals surface area contributed by atoms with E-state index in [0.717, 1.165) is 19.3 Å². The third-order valence-corrected chi connectivity index (χ3v) is 7.91. The molecule has 0 aliphatic carbocycles. The standard InChI is InChI=1S/C19H23ClN2O3S2/c1-3-22(27(24,25)16-9-7-15(20)8-10-16)17-11-13-26-18(17)19(23)21-12-5-4-6-14(21)2/h7-11,13-14H,3-6,12H2,1-2H3. The third kappa shape index (κ3) is 4.00. The first-order chi connectivity index (χ1) is 12.9. The summed E-state index contributed by atoms with van der Waals surface area (Å²) in [6.45, 7) is 4.76. The molecule has 1 atom stereocenters. The van der Waals surface area contributed by atoms with Gasteiger partial charge in [0.2, 0.25) is 0 Å². The topological polar surface area (TPSA) is 57.7 Å². The number of hydrogen-bond acceptors (Lipinski definition) is 4. The van der Waals surface area contributed by atoms with Crippen LogP contribution in [0, 0.1) is 0 Å². The number of thiophene rings is 1. The molecule has 0 bridgehead atoms. The zero-order valence-electron chi connectivity index (χ0n) is 15.4. The molecular formula is C19H23ClN2O3S2. The first kappa shape index (κ1) is 20.2. The molecule has 2 heterocycles. The van der Waals surface area contributed by atoms with E-state index in [4.69, 9.17) is 11.6 Å². The normalized spacial score (nSPS) is 17.7. The van der Waals surface area contributed by atoms with Crippen molar-refractivity contribution < 1.29 is 13.2 Å². The summed E-state index contributed by atoms with van der Waals surface area (Å²) in [4.78, 5) is 15.6. The number of likely N-dealkylation sites (tertiary alicyclic amines) is 1. The van der Waals surface area contributed by atoms with Crippen molar-refractivity contribution in [3.63, 3.8) is 0 Å². The lowest BCUT2D eigenvalue weighted by molar-refractivity contribution is 0.0641. The van der Waals surface area contributed by atoms with Crippen molar-refractivity contribution in [3.05, 3.63) is 45.6 Å². The maximum Gasteiger partial charge on any atom is 0.266 e. The van der Waals surface area contributed by atoms with Crippen LogP contribution in [0.25, 0.3) is 0 Å². The molecule has 1 amide bonds. The van der Waals surface area contributed by atoms with Crippen LogP contribution in [0.15, 0.2) is 40.6 Å². The maximum atomic E-state index is 13.2. The van der Waals surface area contributed by atoms with Gasteiger partial charge in [0.25, 0.3) is 15.9 Å². The molecule has 146 valence electrons. The van der Waals surface area contributed by atoms with Gasteiger partial charge < -0.3 is 4.90 Å². The van der Waals surface area contributed by atoms with Crippen LogP contribution in [-0.2, 0) is 10.0 Å². The Hall–Kier alpha value is -1.57. The first-order valence-corrected chi connectivity index (χ1v) is 11.7. The Balaban J connectivity index is 1.96. The molecule has 27 heavy (non-hydrogen) atoms. The summed E-state index contributed by atoms with van der Waals surface area (Å²) in [6, 6.07) is 7.96. The number of nitrogens with zero attached hydrogens (tertiary/aromatic N) is 2. The lowest BCUT2D eigenvalue weighted by atomic mass is 10.0. The molecule has 8 heteroatoms. The number of amides is 1. The van der Waals surface area contributed by atoms with Crippen LogP contribution in [0.4, 0.5) is 5.69 Å². The summed E-state index contributed by atoms with van der Waals surface area (Å²) in [5.41, 5.74) is 0.445. The van der Waals surface area contributed by atoms with Gasteiger partial charge in [-0.15, -0.1) is 11.3 Å². The highest BCUT2D eigenvalue weighted by atomic mass is 35.5. The number of sulfonamides is 1. The molecule has 1 aliphatic heterocycles. The number of halogens is 1. The number of piperidine rings is 1. The smallest absolute Gasteiger partial charge is 0.266 e. The van der Waals surface area contributed by atoms with E-state index in [0.29, 0.717) is 22.1 Å². The minimum absolute atomic E-state index is 0.0862. The Morgan fingerprint density at radius 3 is 2.59 bits per heavy atom. The van der Waals surface area contributed by atoms with E-state index in [1.807, 2.05) is 11.8 Å². The van der Waals surface area contributed by atoms with Crippen LogP contribution < -0.4 is 4.31 Å². The molecule has 1 fully saturated rings. The number of anilines is 1. The predicted octanol–water partition coefficient (Wildman–Crippen LogP) is 4.63. The minimum atomic E-state index is -3.78. The van der Waals surface area contributed by atoms with Crippen LogP contribution in [0.5, 0.6) is 0 Å². The van der Waals surface area contributed by atoms with Crippen molar-refractivity contribution in [1.82, 2.24) is 4.90 Å². The lowest BCUT2D eigenvalue weighted by Crippen LogP contribution is -2.42.